The SMILES string of the molecule is CO[C@H]1O[C@H](COCc2ccc(Cl)cc2)[C@@H](OCc2ccccc2)[C@H](OCc2ccccc2)[C@H]1O[Si](C)(C)C(C)(C)C. The van der Waals surface area contributed by atoms with Gasteiger partial charge in [-0.15, -0.1) is 0 Å². The van der Waals surface area contributed by atoms with E-state index in [9.17, 15) is 0 Å². The van der Waals surface area contributed by atoms with Crippen LogP contribution in [0.5, 0.6) is 0 Å². The Balaban J connectivity index is 1.62. The third kappa shape index (κ3) is 8.97. The average Bonchev–Trinajstić information content (AvgIpc) is 2.97. The van der Waals surface area contributed by atoms with Crippen LogP contribution in [0.3, 0.4) is 0 Å². The summed E-state index contributed by atoms with van der Waals surface area (Å²) in [7, 11) is -0.600. The van der Waals surface area contributed by atoms with Gasteiger partial charge in [0.15, 0.2) is 14.6 Å². The molecule has 6 nitrogen and oxygen atoms in total. The van der Waals surface area contributed by atoms with Crippen LogP contribution in [0.1, 0.15) is 37.5 Å². The normalized spacial score (nSPS) is 23.2. The molecule has 0 saturated carbocycles. The van der Waals surface area contributed by atoms with E-state index in [1.807, 2.05) is 60.7 Å². The van der Waals surface area contributed by atoms with Gasteiger partial charge >= 0.3 is 0 Å². The van der Waals surface area contributed by atoms with Crippen LogP contribution in [0.4, 0.5) is 0 Å². The molecule has 4 rings (SSSR count). The van der Waals surface area contributed by atoms with Crippen LogP contribution in [0.15, 0.2) is 84.9 Å². The monoisotopic (exact) mass is 612 g/mol. The van der Waals surface area contributed by atoms with Crippen molar-refractivity contribution in [1.82, 2.24) is 0 Å². The summed E-state index contributed by atoms with van der Waals surface area (Å²) in [5.41, 5.74) is 3.16. The molecule has 0 aromatic heterocycles. The lowest BCUT2D eigenvalue weighted by Gasteiger charge is -2.49. The molecule has 1 heterocycles. The Morgan fingerprint density at radius 2 is 1.24 bits per heavy atom. The van der Waals surface area contributed by atoms with E-state index in [0.29, 0.717) is 31.5 Å². The van der Waals surface area contributed by atoms with Crippen LogP contribution >= 0.6 is 11.6 Å². The fourth-order valence-electron chi connectivity index (χ4n) is 4.64. The Bertz CT molecular complexity index is 1200. The lowest BCUT2D eigenvalue weighted by molar-refractivity contribution is -0.310. The van der Waals surface area contributed by atoms with Crippen LogP contribution in [0.25, 0.3) is 0 Å². The van der Waals surface area contributed by atoms with E-state index in [-0.39, 0.29) is 5.04 Å². The summed E-state index contributed by atoms with van der Waals surface area (Å²) in [6.07, 6.45) is -2.54. The Kier molecular flexibility index (Phi) is 11.8. The molecule has 0 spiro atoms. The Morgan fingerprint density at radius 1 is 0.714 bits per heavy atom. The first-order chi connectivity index (χ1) is 20.1. The molecule has 0 aliphatic carbocycles. The molecule has 3 aromatic carbocycles. The second-order valence-corrected chi connectivity index (χ2v) is 17.5. The van der Waals surface area contributed by atoms with Crippen molar-refractivity contribution in [3.05, 3.63) is 107 Å². The van der Waals surface area contributed by atoms with E-state index in [1.165, 1.54) is 0 Å². The van der Waals surface area contributed by atoms with Crippen molar-refractivity contribution in [3.8, 4) is 0 Å². The smallest absolute Gasteiger partial charge is 0.192 e. The van der Waals surface area contributed by atoms with Gasteiger partial charge in [0.05, 0.1) is 26.4 Å². The third-order valence-corrected chi connectivity index (χ3v) is 12.8. The van der Waals surface area contributed by atoms with Crippen molar-refractivity contribution in [2.24, 2.45) is 0 Å². The molecule has 228 valence electrons. The van der Waals surface area contributed by atoms with Crippen LogP contribution in [-0.2, 0) is 47.9 Å². The first-order valence-corrected chi connectivity index (χ1v) is 17.9. The predicted molar refractivity (Wildman–Crippen MR) is 169 cm³/mol. The van der Waals surface area contributed by atoms with E-state index >= 15 is 0 Å². The maximum absolute atomic E-state index is 6.99. The van der Waals surface area contributed by atoms with Gasteiger partial charge in [0.1, 0.15) is 24.4 Å². The summed E-state index contributed by atoms with van der Waals surface area (Å²) in [4.78, 5) is 0. The maximum atomic E-state index is 6.99. The van der Waals surface area contributed by atoms with E-state index < -0.39 is 39.0 Å². The second-order valence-electron chi connectivity index (χ2n) is 12.3. The van der Waals surface area contributed by atoms with Gasteiger partial charge in [0, 0.05) is 12.1 Å². The van der Waals surface area contributed by atoms with Crippen molar-refractivity contribution in [2.75, 3.05) is 13.7 Å². The molecule has 1 saturated heterocycles. The molecular formula is C34H45ClO6Si. The van der Waals surface area contributed by atoms with Crippen molar-refractivity contribution in [3.63, 3.8) is 0 Å². The van der Waals surface area contributed by atoms with E-state index in [2.05, 4.69) is 58.1 Å². The zero-order valence-corrected chi connectivity index (χ0v) is 27.4. The highest BCUT2D eigenvalue weighted by Gasteiger charge is 2.52. The van der Waals surface area contributed by atoms with Crippen LogP contribution < -0.4 is 0 Å². The van der Waals surface area contributed by atoms with Crippen molar-refractivity contribution >= 4 is 19.9 Å². The number of halogens is 1. The van der Waals surface area contributed by atoms with Gasteiger partial charge in [-0.25, -0.2) is 0 Å². The molecule has 1 aliphatic rings. The van der Waals surface area contributed by atoms with Gasteiger partial charge in [-0.05, 0) is 47.0 Å². The zero-order chi connectivity index (χ0) is 30.2. The van der Waals surface area contributed by atoms with Gasteiger partial charge in [0.25, 0.3) is 0 Å². The van der Waals surface area contributed by atoms with Crippen molar-refractivity contribution in [2.45, 2.75) is 89.4 Å². The number of hydrogen-bond acceptors (Lipinski definition) is 6. The van der Waals surface area contributed by atoms with Gasteiger partial charge < -0.3 is 28.1 Å². The summed E-state index contributed by atoms with van der Waals surface area (Å²) in [5, 5.41) is 0.673. The predicted octanol–water partition coefficient (Wildman–Crippen LogP) is 7.79. The molecule has 42 heavy (non-hydrogen) atoms. The average molecular weight is 613 g/mol. The standard InChI is InChI=1S/C34H45ClO6Si/c1-34(2,3)42(5,6)41-32-31(39-23-26-15-11-8-12-16-26)30(38-22-25-13-9-7-10-14-25)29(40-33(32)36-4)24-37-21-27-17-19-28(35)20-18-27/h7-20,29-33H,21-24H2,1-6H3/t29-,30-,31+,32-,33+/m1/s1. The summed E-state index contributed by atoms with van der Waals surface area (Å²) in [6, 6.07) is 27.9. The summed E-state index contributed by atoms with van der Waals surface area (Å²) >= 11 is 6.07. The second kappa shape index (κ2) is 15.1. The molecule has 5 atom stereocenters. The van der Waals surface area contributed by atoms with E-state index in [4.69, 9.17) is 39.7 Å². The molecule has 1 fully saturated rings. The fraction of sp³-hybridized carbons (Fsp3) is 0.471. The molecular weight excluding hydrogens is 568 g/mol. The van der Waals surface area contributed by atoms with Gasteiger partial charge in [0.2, 0.25) is 0 Å². The molecule has 1 aliphatic heterocycles. The minimum absolute atomic E-state index is 0.0196. The number of methoxy groups -OCH3 is 1. The highest BCUT2D eigenvalue weighted by molar-refractivity contribution is 6.74. The Hall–Kier alpha value is -2.07. The molecule has 3 aromatic rings. The Morgan fingerprint density at radius 3 is 1.76 bits per heavy atom. The molecule has 0 unspecified atom stereocenters. The minimum Gasteiger partial charge on any atom is -0.406 e. The van der Waals surface area contributed by atoms with E-state index in [1.54, 1.807) is 7.11 Å². The van der Waals surface area contributed by atoms with Crippen molar-refractivity contribution < 1.29 is 28.1 Å². The highest BCUT2D eigenvalue weighted by atomic mass is 35.5. The number of ether oxygens (including phenoxy) is 5. The van der Waals surface area contributed by atoms with Crippen molar-refractivity contribution in [1.29, 1.82) is 0 Å². The minimum atomic E-state index is -2.25. The summed E-state index contributed by atoms with van der Waals surface area (Å²) < 4.78 is 39.1. The first kappa shape index (κ1) is 32.8. The number of benzene rings is 3. The highest BCUT2D eigenvalue weighted by Crippen LogP contribution is 2.40. The fourth-order valence-corrected chi connectivity index (χ4v) is 6.05. The third-order valence-electron chi connectivity index (χ3n) is 8.10. The molecule has 0 amide bonds. The largest absolute Gasteiger partial charge is 0.406 e. The van der Waals surface area contributed by atoms with Crippen LogP contribution in [0, 0.1) is 0 Å². The molecule has 0 bridgehead atoms. The topological polar surface area (TPSA) is 55.4 Å². The van der Waals surface area contributed by atoms with Gasteiger partial charge in [-0.3, -0.25) is 0 Å². The quantitative estimate of drug-likeness (QED) is 0.184. The van der Waals surface area contributed by atoms with Crippen LogP contribution in [0.2, 0.25) is 23.2 Å². The lowest BCUT2D eigenvalue weighted by atomic mass is 9.98. The Labute approximate surface area is 257 Å². The number of rotatable bonds is 13. The lowest BCUT2D eigenvalue weighted by Crippen LogP contribution is -2.64. The van der Waals surface area contributed by atoms with Gasteiger partial charge in [-0.2, -0.15) is 0 Å². The van der Waals surface area contributed by atoms with Gasteiger partial charge in [-0.1, -0.05) is 105 Å². The molecule has 8 heteroatoms. The first-order valence-electron chi connectivity index (χ1n) is 14.6. The zero-order valence-electron chi connectivity index (χ0n) is 25.6. The maximum Gasteiger partial charge on any atom is 0.192 e. The summed E-state index contributed by atoms with van der Waals surface area (Å²) in [6.45, 7) is 12.6. The van der Waals surface area contributed by atoms with E-state index in [0.717, 1.165) is 16.7 Å². The molecule has 0 N–H and O–H groups in total. The number of hydrogen-bond donors (Lipinski definition) is 0. The van der Waals surface area contributed by atoms with Crippen LogP contribution in [-0.4, -0.2) is 52.7 Å². The summed E-state index contributed by atoms with van der Waals surface area (Å²) in [5.74, 6) is 0. The molecule has 0 radical (unpaired) electrons.